The number of rotatable bonds is 5. The van der Waals surface area contributed by atoms with Crippen molar-refractivity contribution >= 4 is 11.9 Å². The van der Waals surface area contributed by atoms with Gasteiger partial charge in [0.25, 0.3) is 5.91 Å². The zero-order chi connectivity index (χ0) is 16.7. The molecule has 1 saturated carbocycles. The lowest BCUT2D eigenvalue weighted by Crippen LogP contribution is -2.37. The van der Waals surface area contributed by atoms with Gasteiger partial charge in [-0.1, -0.05) is 25.7 Å². The summed E-state index contributed by atoms with van der Waals surface area (Å²) >= 11 is 0. The number of amides is 1. The fourth-order valence-electron chi connectivity index (χ4n) is 2.69. The number of hydrogen-bond donors (Lipinski definition) is 1. The first-order chi connectivity index (χ1) is 11.1. The maximum Gasteiger partial charge on any atom is 0.341 e. The molecule has 0 unspecified atom stereocenters. The standard InChI is InChI=1S/C17H22FNO4/c1-22-13-8-9-14(15(18)10-13)17(21)23-11-16(20)19-12-6-4-2-3-5-7-12/h8-10,12H,2-7,11H2,1H3,(H,19,20). The molecule has 0 radical (unpaired) electrons. The van der Waals surface area contributed by atoms with Crippen LogP contribution in [0.25, 0.3) is 0 Å². The number of halogens is 1. The SMILES string of the molecule is COc1ccc(C(=O)OCC(=O)NC2CCCCCC2)c(F)c1. The molecule has 126 valence electrons. The molecule has 0 atom stereocenters. The van der Waals surface area contributed by atoms with Gasteiger partial charge in [0.05, 0.1) is 12.7 Å². The number of nitrogens with one attached hydrogen (secondary N) is 1. The molecular weight excluding hydrogens is 301 g/mol. The third-order valence-electron chi connectivity index (χ3n) is 3.95. The average molecular weight is 323 g/mol. The summed E-state index contributed by atoms with van der Waals surface area (Å²) in [6.45, 7) is -0.402. The van der Waals surface area contributed by atoms with E-state index in [1.165, 1.54) is 32.1 Å². The average Bonchev–Trinajstić information content (AvgIpc) is 2.81. The van der Waals surface area contributed by atoms with Crippen molar-refractivity contribution in [2.24, 2.45) is 0 Å². The van der Waals surface area contributed by atoms with E-state index >= 15 is 0 Å². The van der Waals surface area contributed by atoms with Crippen LogP contribution in [0.3, 0.4) is 0 Å². The monoisotopic (exact) mass is 323 g/mol. The third-order valence-corrected chi connectivity index (χ3v) is 3.95. The Morgan fingerprint density at radius 3 is 2.52 bits per heavy atom. The van der Waals surface area contributed by atoms with Gasteiger partial charge in [-0.3, -0.25) is 4.79 Å². The second-order valence-electron chi connectivity index (χ2n) is 5.68. The largest absolute Gasteiger partial charge is 0.497 e. The van der Waals surface area contributed by atoms with E-state index in [4.69, 9.17) is 9.47 Å². The summed E-state index contributed by atoms with van der Waals surface area (Å²) in [4.78, 5) is 23.7. The molecule has 0 saturated heterocycles. The van der Waals surface area contributed by atoms with E-state index in [2.05, 4.69) is 5.32 Å². The van der Waals surface area contributed by atoms with Crippen molar-refractivity contribution in [3.05, 3.63) is 29.6 Å². The van der Waals surface area contributed by atoms with Gasteiger partial charge in [0, 0.05) is 12.1 Å². The van der Waals surface area contributed by atoms with E-state index in [0.29, 0.717) is 5.75 Å². The normalized spacial score (nSPS) is 15.6. The summed E-state index contributed by atoms with van der Waals surface area (Å²) in [5, 5.41) is 2.87. The predicted molar refractivity (Wildman–Crippen MR) is 82.9 cm³/mol. The lowest BCUT2D eigenvalue weighted by molar-refractivity contribution is -0.125. The number of carbonyl (C=O) groups is 2. The number of methoxy groups -OCH3 is 1. The van der Waals surface area contributed by atoms with Crippen LogP contribution in [-0.4, -0.2) is 31.6 Å². The second kappa shape index (κ2) is 8.50. The molecule has 0 aromatic heterocycles. The molecule has 2 rings (SSSR count). The van der Waals surface area contributed by atoms with Crippen LogP contribution in [0.1, 0.15) is 48.9 Å². The number of benzene rings is 1. The van der Waals surface area contributed by atoms with E-state index in [1.807, 2.05) is 0 Å². The van der Waals surface area contributed by atoms with Crippen LogP contribution in [0, 0.1) is 5.82 Å². The Balaban J connectivity index is 1.82. The van der Waals surface area contributed by atoms with Gasteiger partial charge < -0.3 is 14.8 Å². The Labute approximate surface area is 135 Å². The van der Waals surface area contributed by atoms with Crippen molar-refractivity contribution in [1.82, 2.24) is 5.32 Å². The number of hydrogen-bond acceptors (Lipinski definition) is 4. The molecule has 23 heavy (non-hydrogen) atoms. The van der Waals surface area contributed by atoms with Crippen molar-refractivity contribution < 1.29 is 23.5 Å². The Hall–Kier alpha value is -2.11. The molecule has 0 aliphatic heterocycles. The van der Waals surface area contributed by atoms with Crippen molar-refractivity contribution in [2.45, 2.75) is 44.6 Å². The Bertz CT molecular complexity index is 554. The van der Waals surface area contributed by atoms with Crippen LogP contribution in [0.5, 0.6) is 5.75 Å². The van der Waals surface area contributed by atoms with Crippen molar-refractivity contribution in [2.75, 3.05) is 13.7 Å². The maximum atomic E-state index is 13.7. The highest BCUT2D eigenvalue weighted by Crippen LogP contribution is 2.18. The van der Waals surface area contributed by atoms with E-state index in [0.717, 1.165) is 31.7 Å². The highest BCUT2D eigenvalue weighted by atomic mass is 19.1. The van der Waals surface area contributed by atoms with Gasteiger partial charge in [-0.15, -0.1) is 0 Å². The summed E-state index contributed by atoms with van der Waals surface area (Å²) in [6, 6.07) is 3.98. The molecule has 5 nitrogen and oxygen atoms in total. The first-order valence-corrected chi connectivity index (χ1v) is 7.90. The molecule has 1 N–H and O–H groups in total. The fraction of sp³-hybridized carbons (Fsp3) is 0.529. The second-order valence-corrected chi connectivity index (χ2v) is 5.68. The molecule has 1 fully saturated rings. The molecule has 0 spiro atoms. The molecule has 6 heteroatoms. The van der Waals surface area contributed by atoms with Gasteiger partial charge in [0.1, 0.15) is 11.6 Å². The van der Waals surface area contributed by atoms with Gasteiger partial charge in [-0.2, -0.15) is 0 Å². The van der Waals surface area contributed by atoms with E-state index in [1.54, 1.807) is 0 Å². The molecule has 1 aliphatic rings. The van der Waals surface area contributed by atoms with Gasteiger partial charge in [-0.25, -0.2) is 9.18 Å². The smallest absolute Gasteiger partial charge is 0.341 e. The lowest BCUT2D eigenvalue weighted by atomic mass is 10.1. The zero-order valence-corrected chi connectivity index (χ0v) is 13.3. The minimum atomic E-state index is -0.860. The lowest BCUT2D eigenvalue weighted by Gasteiger charge is -2.16. The Kier molecular flexibility index (Phi) is 6.38. The molecule has 1 amide bonds. The number of carbonyl (C=O) groups excluding carboxylic acids is 2. The summed E-state index contributed by atoms with van der Waals surface area (Å²) < 4.78 is 23.5. The number of esters is 1. The van der Waals surface area contributed by atoms with Crippen LogP contribution < -0.4 is 10.1 Å². The number of ether oxygens (including phenoxy) is 2. The zero-order valence-electron chi connectivity index (χ0n) is 13.3. The predicted octanol–water partition coefficient (Wildman–Crippen LogP) is 2.83. The summed E-state index contributed by atoms with van der Waals surface area (Å²) in [6.07, 6.45) is 6.49. The fourth-order valence-corrected chi connectivity index (χ4v) is 2.69. The van der Waals surface area contributed by atoms with Gasteiger partial charge in [-0.05, 0) is 25.0 Å². The van der Waals surface area contributed by atoms with Gasteiger partial charge >= 0.3 is 5.97 Å². The summed E-state index contributed by atoms with van der Waals surface area (Å²) in [7, 11) is 1.41. The van der Waals surface area contributed by atoms with Crippen LogP contribution in [0.2, 0.25) is 0 Å². The maximum absolute atomic E-state index is 13.7. The molecule has 1 aromatic rings. The molecule has 0 heterocycles. The van der Waals surface area contributed by atoms with Crippen molar-refractivity contribution in [1.29, 1.82) is 0 Å². The molecule has 1 aliphatic carbocycles. The minimum Gasteiger partial charge on any atom is -0.497 e. The quantitative estimate of drug-likeness (QED) is 0.668. The molecule has 0 bridgehead atoms. The van der Waals surface area contributed by atoms with Crippen LogP contribution >= 0.6 is 0 Å². The highest BCUT2D eigenvalue weighted by Gasteiger charge is 2.18. The first kappa shape index (κ1) is 17.2. The Morgan fingerprint density at radius 2 is 1.91 bits per heavy atom. The summed E-state index contributed by atoms with van der Waals surface area (Å²) in [5.74, 6) is -1.64. The van der Waals surface area contributed by atoms with Crippen molar-refractivity contribution in [3.63, 3.8) is 0 Å². The topological polar surface area (TPSA) is 64.6 Å². The van der Waals surface area contributed by atoms with E-state index < -0.39 is 18.4 Å². The van der Waals surface area contributed by atoms with Gasteiger partial charge in [0.2, 0.25) is 0 Å². The van der Waals surface area contributed by atoms with Crippen LogP contribution in [0.4, 0.5) is 4.39 Å². The summed E-state index contributed by atoms with van der Waals surface area (Å²) in [5.41, 5.74) is -0.215. The highest BCUT2D eigenvalue weighted by molar-refractivity contribution is 5.91. The minimum absolute atomic E-state index is 0.140. The van der Waals surface area contributed by atoms with Crippen molar-refractivity contribution in [3.8, 4) is 5.75 Å². The first-order valence-electron chi connectivity index (χ1n) is 7.90. The van der Waals surface area contributed by atoms with Crippen LogP contribution in [-0.2, 0) is 9.53 Å². The van der Waals surface area contributed by atoms with E-state index in [9.17, 15) is 14.0 Å². The van der Waals surface area contributed by atoms with Crippen LogP contribution in [0.15, 0.2) is 18.2 Å². The third kappa shape index (κ3) is 5.23. The Morgan fingerprint density at radius 1 is 1.22 bits per heavy atom. The molecular formula is C17H22FNO4. The van der Waals surface area contributed by atoms with E-state index in [-0.39, 0.29) is 17.5 Å². The molecule has 1 aromatic carbocycles. The van der Waals surface area contributed by atoms with Gasteiger partial charge in [0.15, 0.2) is 6.61 Å².